The molecule has 1 aromatic carbocycles. The molecule has 306 valence electrons. The van der Waals surface area contributed by atoms with E-state index in [4.69, 9.17) is 11.6 Å². The fourth-order valence-corrected chi connectivity index (χ4v) is 10.1. The van der Waals surface area contributed by atoms with Crippen molar-refractivity contribution in [2.45, 2.75) is 69.1 Å². The average molecular weight is 868 g/mol. The Morgan fingerprint density at radius 1 is 1.10 bits per heavy atom. The number of nitrogens with one attached hydrogen (secondary N) is 1. The van der Waals surface area contributed by atoms with E-state index in [0.29, 0.717) is 76.0 Å². The van der Waals surface area contributed by atoms with Crippen LogP contribution in [0.5, 0.6) is 0 Å². The van der Waals surface area contributed by atoms with Crippen LogP contribution in [0.25, 0.3) is 32.2 Å². The predicted molar refractivity (Wildman–Crippen MR) is 225 cm³/mol. The molecule has 5 aromatic heterocycles. The summed E-state index contributed by atoms with van der Waals surface area (Å²) < 4.78 is 56.9. The van der Waals surface area contributed by atoms with Gasteiger partial charge in [-0.3, -0.25) is 24.0 Å². The highest BCUT2D eigenvalue weighted by molar-refractivity contribution is 7.90. The average Bonchev–Trinajstić information content (AvgIpc) is 3.67. The highest BCUT2D eigenvalue weighted by Crippen LogP contribution is 2.42. The van der Waals surface area contributed by atoms with E-state index in [9.17, 15) is 32.0 Å². The number of aromatic nitrogens is 5. The van der Waals surface area contributed by atoms with Gasteiger partial charge in [-0.05, 0) is 63.1 Å². The number of hydrogen-bond donors (Lipinski definition) is 1. The van der Waals surface area contributed by atoms with Crippen LogP contribution >= 0.6 is 22.9 Å². The standard InChI is InChI=1S/C42H36ClF2N9O4S2/c1-3-53(28-12-17-52(18-13-28)29-20-42(44,45)21-29)39-32(22-46)36-34(23-49-39)50-25(2)54(41(36)56)16-6-7-26-9-10-27(43)19-31(26)30-11-15-48-37-33(24-59-38(30)37)40(55)51-60(57,58)35-8-4-5-14-47-35/h4-5,8-11,14-15,19,23-24,28-29H,3,12-13,16-18,20-21H2,1-2H3,(H,51,55). The van der Waals surface area contributed by atoms with Crippen molar-refractivity contribution in [3.63, 3.8) is 0 Å². The fraction of sp³-hybridized carbons (Fsp3) is 0.310. The SMILES string of the molecule is CCN(c1ncc2nc(C)n(CC#Cc3ccc(Cl)cc3-c3ccnc4c(C(=O)NS(=O)(=O)c5ccccn5)csc34)c(=O)c2c1C#N)C1CCN(C2CC(F)(F)C2)CC1. The number of nitrogens with zero attached hydrogens (tertiary/aromatic N) is 8. The Kier molecular flexibility index (Phi) is 11.1. The molecule has 8 rings (SSSR count). The summed E-state index contributed by atoms with van der Waals surface area (Å²) in [6.07, 6.45) is 5.54. The molecular weight excluding hydrogens is 832 g/mol. The maximum atomic E-state index is 14.2. The van der Waals surface area contributed by atoms with Crippen molar-refractivity contribution in [3.05, 3.63) is 104 Å². The van der Waals surface area contributed by atoms with E-state index in [1.54, 1.807) is 37.3 Å². The number of amides is 1. The Bertz CT molecular complexity index is 2950. The molecule has 18 heteroatoms. The van der Waals surface area contributed by atoms with Gasteiger partial charge in [-0.25, -0.2) is 28.5 Å². The molecule has 0 bridgehead atoms. The van der Waals surface area contributed by atoms with Crippen LogP contribution in [0, 0.1) is 30.1 Å². The smallest absolute Gasteiger partial charge is 0.281 e. The first-order valence-electron chi connectivity index (χ1n) is 19.1. The summed E-state index contributed by atoms with van der Waals surface area (Å²) >= 11 is 7.69. The van der Waals surface area contributed by atoms with Crippen molar-refractivity contribution in [1.29, 1.82) is 5.26 Å². The van der Waals surface area contributed by atoms with Crippen LogP contribution in [0.4, 0.5) is 14.6 Å². The number of pyridine rings is 3. The summed E-state index contributed by atoms with van der Waals surface area (Å²) in [5.74, 6) is 3.57. The largest absolute Gasteiger partial charge is 0.353 e. The molecule has 1 aliphatic carbocycles. The lowest BCUT2D eigenvalue weighted by Crippen LogP contribution is -2.55. The first kappa shape index (κ1) is 40.9. The lowest BCUT2D eigenvalue weighted by atomic mass is 9.85. The van der Waals surface area contributed by atoms with Crippen molar-refractivity contribution in [1.82, 2.24) is 34.1 Å². The summed E-state index contributed by atoms with van der Waals surface area (Å²) in [6.45, 7) is 5.43. The molecule has 60 heavy (non-hydrogen) atoms. The first-order chi connectivity index (χ1) is 28.8. The van der Waals surface area contributed by atoms with Crippen molar-refractivity contribution < 1.29 is 22.0 Å². The lowest BCUT2D eigenvalue weighted by molar-refractivity contribution is -0.127. The van der Waals surface area contributed by atoms with Crippen molar-refractivity contribution in [2.24, 2.45) is 0 Å². The van der Waals surface area contributed by atoms with Crippen LogP contribution in [0.15, 0.2) is 76.3 Å². The van der Waals surface area contributed by atoms with E-state index in [1.807, 2.05) is 11.8 Å². The molecule has 1 saturated heterocycles. The van der Waals surface area contributed by atoms with E-state index in [2.05, 4.69) is 47.5 Å². The summed E-state index contributed by atoms with van der Waals surface area (Å²) in [5.41, 5.74) is 2.15. The summed E-state index contributed by atoms with van der Waals surface area (Å²) in [4.78, 5) is 49.1. The van der Waals surface area contributed by atoms with Gasteiger partial charge < -0.3 is 4.90 Å². The molecule has 2 fully saturated rings. The number of likely N-dealkylation sites (tertiary alicyclic amines) is 1. The monoisotopic (exact) mass is 867 g/mol. The number of anilines is 1. The molecule has 1 amide bonds. The van der Waals surface area contributed by atoms with E-state index >= 15 is 0 Å². The minimum Gasteiger partial charge on any atom is -0.353 e. The number of halogens is 3. The second-order valence-electron chi connectivity index (χ2n) is 14.6. The predicted octanol–water partition coefficient (Wildman–Crippen LogP) is 6.56. The Labute approximate surface area is 352 Å². The van der Waals surface area contributed by atoms with Crippen molar-refractivity contribution >= 4 is 65.8 Å². The molecule has 13 nitrogen and oxygen atoms in total. The number of rotatable bonds is 9. The number of sulfonamides is 1. The highest BCUT2D eigenvalue weighted by atomic mass is 35.5. The Balaban J connectivity index is 1.07. The molecule has 2 aliphatic rings. The number of fused-ring (bicyclic) bond motifs is 2. The van der Waals surface area contributed by atoms with Crippen LogP contribution in [0.3, 0.4) is 0 Å². The quantitative estimate of drug-likeness (QED) is 0.157. The normalized spacial score (nSPS) is 15.9. The molecule has 0 spiro atoms. The second-order valence-corrected chi connectivity index (χ2v) is 17.6. The number of carbonyl (C=O) groups excluding carboxylic acids is 1. The van der Waals surface area contributed by atoms with Gasteiger partial charge in [0, 0.05) is 84.0 Å². The van der Waals surface area contributed by atoms with Crippen molar-refractivity contribution in [2.75, 3.05) is 24.5 Å². The van der Waals surface area contributed by atoms with Gasteiger partial charge >= 0.3 is 0 Å². The fourth-order valence-electron chi connectivity index (χ4n) is 7.95. The summed E-state index contributed by atoms with van der Waals surface area (Å²) in [5, 5.41) is 12.3. The maximum Gasteiger partial charge on any atom is 0.281 e. The number of hydrogen-bond acceptors (Lipinski definition) is 12. The number of carbonyl (C=O) groups is 1. The van der Waals surface area contributed by atoms with E-state index in [1.165, 1.54) is 52.0 Å². The molecule has 1 N–H and O–H groups in total. The number of piperidine rings is 1. The molecule has 0 atom stereocenters. The minimum absolute atomic E-state index is 0.0110. The zero-order valence-corrected chi connectivity index (χ0v) is 34.7. The molecule has 6 aromatic rings. The zero-order valence-electron chi connectivity index (χ0n) is 32.3. The molecule has 1 saturated carbocycles. The van der Waals surface area contributed by atoms with Gasteiger partial charge in [0.25, 0.3) is 27.4 Å². The second kappa shape index (κ2) is 16.3. The number of benzene rings is 1. The van der Waals surface area contributed by atoms with Crippen LogP contribution in [0.2, 0.25) is 5.02 Å². The van der Waals surface area contributed by atoms with Gasteiger partial charge in [-0.1, -0.05) is 29.5 Å². The van der Waals surface area contributed by atoms with E-state index in [-0.39, 0.29) is 58.5 Å². The van der Waals surface area contributed by atoms with Gasteiger partial charge in [0.1, 0.15) is 23.3 Å². The highest BCUT2D eigenvalue weighted by Gasteiger charge is 2.48. The maximum absolute atomic E-state index is 14.2. The number of nitriles is 1. The summed E-state index contributed by atoms with van der Waals surface area (Å²) in [6, 6.07) is 13.4. The van der Waals surface area contributed by atoms with Gasteiger partial charge in [-0.2, -0.15) is 13.7 Å². The third-order valence-corrected chi connectivity index (χ3v) is 13.5. The van der Waals surface area contributed by atoms with Gasteiger partial charge in [-0.15, -0.1) is 11.3 Å². The van der Waals surface area contributed by atoms with Crippen LogP contribution in [-0.4, -0.2) is 81.4 Å². The molecule has 0 unspecified atom stereocenters. The number of thiophene rings is 1. The lowest BCUT2D eigenvalue weighted by Gasteiger charge is -2.47. The summed E-state index contributed by atoms with van der Waals surface area (Å²) in [7, 11) is -4.24. The number of alkyl halides is 2. The van der Waals surface area contributed by atoms with E-state index < -0.39 is 27.4 Å². The molecule has 6 heterocycles. The molecular formula is C42H36ClF2N9O4S2. The van der Waals surface area contributed by atoms with Crippen molar-refractivity contribution in [3.8, 4) is 29.0 Å². The Hall–Kier alpha value is -5.85. The first-order valence-corrected chi connectivity index (χ1v) is 21.8. The molecule has 0 radical (unpaired) electrons. The Morgan fingerprint density at radius 3 is 2.58 bits per heavy atom. The van der Waals surface area contributed by atoms with Crippen LogP contribution in [0.1, 0.15) is 59.9 Å². The van der Waals surface area contributed by atoms with Gasteiger partial charge in [0.05, 0.1) is 39.4 Å². The van der Waals surface area contributed by atoms with Gasteiger partial charge in [0.15, 0.2) is 5.03 Å². The Morgan fingerprint density at radius 2 is 1.88 bits per heavy atom. The third-order valence-electron chi connectivity index (χ3n) is 11.0. The topological polar surface area (TPSA) is 167 Å². The van der Waals surface area contributed by atoms with Crippen LogP contribution in [-0.2, 0) is 16.6 Å². The van der Waals surface area contributed by atoms with Crippen LogP contribution < -0.4 is 15.2 Å². The van der Waals surface area contributed by atoms with E-state index in [0.717, 1.165) is 0 Å². The minimum atomic E-state index is -4.24. The van der Waals surface area contributed by atoms with Gasteiger partial charge in [0.2, 0.25) is 0 Å². The zero-order chi connectivity index (χ0) is 42.3. The third kappa shape index (κ3) is 7.81. The number of aryl methyl sites for hydroxylation is 1. The molecule has 1 aliphatic heterocycles.